The molecule has 0 unspecified atom stereocenters. The Bertz CT molecular complexity index is 605. The van der Waals surface area contributed by atoms with Crippen LogP contribution in [-0.2, 0) is 19.1 Å². The Morgan fingerprint density at radius 3 is 1.81 bits per heavy atom. The van der Waals surface area contributed by atoms with Gasteiger partial charge < -0.3 is 9.47 Å². The van der Waals surface area contributed by atoms with Crippen LogP contribution in [0.5, 0.6) is 0 Å². The fraction of sp³-hybridized carbons (Fsp3) is 0.565. The largest absolute Gasteiger partial charge is 0.459 e. The highest BCUT2D eigenvalue weighted by atomic mass is 16.6. The fourth-order valence-electron chi connectivity index (χ4n) is 2.68. The molecular weight excluding hydrogens is 340 g/mol. The summed E-state index contributed by atoms with van der Waals surface area (Å²) < 4.78 is 11.1. The molecule has 0 aromatic heterocycles. The van der Waals surface area contributed by atoms with E-state index in [0.717, 1.165) is 12.0 Å². The molecule has 0 aliphatic rings. The summed E-state index contributed by atoms with van der Waals surface area (Å²) in [6, 6.07) is 9.82. The van der Waals surface area contributed by atoms with E-state index in [2.05, 4.69) is 0 Å². The molecule has 0 bridgehead atoms. The lowest BCUT2D eigenvalue weighted by Crippen LogP contribution is -2.40. The van der Waals surface area contributed by atoms with E-state index in [1.807, 2.05) is 49.4 Å². The van der Waals surface area contributed by atoms with Crippen molar-refractivity contribution in [1.29, 1.82) is 0 Å². The van der Waals surface area contributed by atoms with Crippen molar-refractivity contribution >= 4 is 18.0 Å². The second-order valence-electron chi connectivity index (χ2n) is 8.77. The van der Waals surface area contributed by atoms with Crippen LogP contribution in [0.25, 0.3) is 6.08 Å². The molecule has 0 heterocycles. The van der Waals surface area contributed by atoms with Crippen LogP contribution < -0.4 is 0 Å². The van der Waals surface area contributed by atoms with Gasteiger partial charge in [-0.25, -0.2) is 0 Å². The molecule has 0 aliphatic carbocycles. The highest BCUT2D eigenvalue weighted by Crippen LogP contribution is 2.27. The Kier molecular flexibility index (Phi) is 8.26. The van der Waals surface area contributed by atoms with Gasteiger partial charge in [-0.3, -0.25) is 9.59 Å². The van der Waals surface area contributed by atoms with Gasteiger partial charge in [0, 0.05) is 5.92 Å². The van der Waals surface area contributed by atoms with E-state index in [1.54, 1.807) is 41.5 Å². The lowest BCUT2D eigenvalue weighted by Gasteiger charge is -2.29. The molecule has 1 aromatic rings. The third-order valence-corrected chi connectivity index (χ3v) is 3.71. The Balaban J connectivity index is 3.18. The molecule has 0 saturated carbocycles. The van der Waals surface area contributed by atoms with Gasteiger partial charge in [0.05, 0.1) is 0 Å². The molecule has 4 heteroatoms. The first-order chi connectivity index (χ1) is 12.4. The number of benzene rings is 1. The zero-order valence-electron chi connectivity index (χ0n) is 17.7. The maximum atomic E-state index is 12.9. The molecule has 1 aromatic carbocycles. The zero-order valence-corrected chi connectivity index (χ0v) is 17.7. The number of rotatable bonds is 7. The number of carbonyl (C=O) groups is 2. The molecule has 1 rings (SSSR count). The first-order valence-corrected chi connectivity index (χ1v) is 9.62. The maximum absolute atomic E-state index is 12.9. The number of hydrogen-bond acceptors (Lipinski definition) is 4. The van der Waals surface area contributed by atoms with Crippen molar-refractivity contribution in [3.8, 4) is 0 Å². The van der Waals surface area contributed by atoms with E-state index in [1.165, 1.54) is 0 Å². The molecular formula is C23H34O4. The van der Waals surface area contributed by atoms with Crippen molar-refractivity contribution in [3.63, 3.8) is 0 Å². The summed E-state index contributed by atoms with van der Waals surface area (Å²) >= 11 is 0. The van der Waals surface area contributed by atoms with Gasteiger partial charge in [0.2, 0.25) is 0 Å². The van der Waals surface area contributed by atoms with Gasteiger partial charge in [-0.1, -0.05) is 55.8 Å². The number of esters is 2. The predicted octanol–water partition coefficient (Wildman–Crippen LogP) is 5.42. The Labute approximate surface area is 163 Å². The first kappa shape index (κ1) is 22.9. The Morgan fingerprint density at radius 2 is 1.41 bits per heavy atom. The van der Waals surface area contributed by atoms with Crippen molar-refractivity contribution in [3.05, 3.63) is 42.0 Å². The summed E-state index contributed by atoms with van der Waals surface area (Å²) in [6.45, 7) is 12.8. The van der Waals surface area contributed by atoms with E-state index in [0.29, 0.717) is 6.42 Å². The van der Waals surface area contributed by atoms with Crippen molar-refractivity contribution in [1.82, 2.24) is 0 Å². The molecule has 1 atom stereocenters. The average Bonchev–Trinajstić information content (AvgIpc) is 2.50. The topological polar surface area (TPSA) is 52.6 Å². The number of allylic oxidation sites excluding steroid dienone is 1. The SMILES string of the molecule is CCC[C@H](/C=C/c1ccccc1)C(C(=O)OC(C)(C)C)C(=O)OC(C)(C)C. The van der Waals surface area contributed by atoms with E-state index >= 15 is 0 Å². The minimum Gasteiger partial charge on any atom is -0.459 e. The summed E-state index contributed by atoms with van der Waals surface area (Å²) in [6.07, 6.45) is 5.40. The summed E-state index contributed by atoms with van der Waals surface area (Å²) in [5.74, 6) is -2.34. The molecule has 0 N–H and O–H groups in total. The minimum atomic E-state index is -0.983. The van der Waals surface area contributed by atoms with Gasteiger partial charge in [0.25, 0.3) is 0 Å². The van der Waals surface area contributed by atoms with Gasteiger partial charge in [-0.15, -0.1) is 0 Å². The standard InChI is InChI=1S/C23H34O4/c1-8-12-18(16-15-17-13-10-9-11-14-17)19(20(24)26-22(2,3)4)21(25)27-23(5,6)7/h9-11,13-16,18-19H,8,12H2,1-7H3/b16-15+/t18-/m1/s1. The van der Waals surface area contributed by atoms with Crippen molar-refractivity contribution < 1.29 is 19.1 Å². The second-order valence-corrected chi connectivity index (χ2v) is 8.77. The zero-order chi connectivity index (χ0) is 20.7. The van der Waals surface area contributed by atoms with E-state index < -0.39 is 29.1 Å². The van der Waals surface area contributed by atoms with Crippen LogP contribution in [0.1, 0.15) is 66.9 Å². The van der Waals surface area contributed by atoms with Gasteiger partial charge in [0.15, 0.2) is 5.92 Å². The molecule has 0 fully saturated rings. The third-order valence-electron chi connectivity index (χ3n) is 3.71. The predicted molar refractivity (Wildman–Crippen MR) is 109 cm³/mol. The van der Waals surface area contributed by atoms with Gasteiger partial charge >= 0.3 is 11.9 Å². The number of ether oxygens (including phenoxy) is 2. The Hall–Kier alpha value is -2.10. The molecule has 0 saturated heterocycles. The molecule has 4 nitrogen and oxygen atoms in total. The van der Waals surface area contributed by atoms with Crippen LogP contribution in [-0.4, -0.2) is 23.1 Å². The van der Waals surface area contributed by atoms with Gasteiger partial charge in [-0.05, 0) is 53.5 Å². The fourth-order valence-corrected chi connectivity index (χ4v) is 2.68. The van der Waals surface area contributed by atoms with Crippen molar-refractivity contribution in [2.75, 3.05) is 0 Å². The van der Waals surface area contributed by atoms with Crippen molar-refractivity contribution in [2.24, 2.45) is 11.8 Å². The van der Waals surface area contributed by atoms with Gasteiger partial charge in [0.1, 0.15) is 11.2 Å². The normalized spacial score (nSPS) is 13.6. The monoisotopic (exact) mass is 374 g/mol. The highest BCUT2D eigenvalue weighted by molar-refractivity contribution is 5.96. The van der Waals surface area contributed by atoms with Gasteiger partial charge in [-0.2, -0.15) is 0 Å². The number of carbonyl (C=O) groups excluding carboxylic acids is 2. The van der Waals surface area contributed by atoms with E-state index in [4.69, 9.17) is 9.47 Å². The summed E-state index contributed by atoms with van der Waals surface area (Å²) in [5, 5.41) is 0. The molecule has 0 amide bonds. The van der Waals surface area contributed by atoms with Crippen molar-refractivity contribution in [2.45, 2.75) is 72.5 Å². The first-order valence-electron chi connectivity index (χ1n) is 9.62. The van der Waals surface area contributed by atoms with Crippen LogP contribution in [0.15, 0.2) is 36.4 Å². The molecule has 27 heavy (non-hydrogen) atoms. The summed E-state index contributed by atoms with van der Waals surface area (Å²) in [7, 11) is 0. The lowest BCUT2D eigenvalue weighted by molar-refractivity contribution is -0.176. The quantitative estimate of drug-likeness (QED) is 0.472. The highest BCUT2D eigenvalue weighted by Gasteiger charge is 2.39. The van der Waals surface area contributed by atoms with Crippen LogP contribution in [0.4, 0.5) is 0 Å². The molecule has 150 valence electrons. The van der Waals surface area contributed by atoms with E-state index in [9.17, 15) is 9.59 Å². The molecule has 0 spiro atoms. The van der Waals surface area contributed by atoms with Crippen LogP contribution in [0.3, 0.4) is 0 Å². The van der Waals surface area contributed by atoms with Crippen LogP contribution in [0, 0.1) is 11.8 Å². The minimum absolute atomic E-state index is 0.292. The lowest BCUT2D eigenvalue weighted by atomic mass is 9.87. The summed E-state index contributed by atoms with van der Waals surface area (Å²) in [4.78, 5) is 25.7. The third kappa shape index (κ3) is 8.89. The van der Waals surface area contributed by atoms with Crippen LogP contribution in [0.2, 0.25) is 0 Å². The molecule has 0 radical (unpaired) electrons. The summed E-state index contributed by atoms with van der Waals surface area (Å²) in [5.41, 5.74) is -0.320. The van der Waals surface area contributed by atoms with Crippen LogP contribution >= 0.6 is 0 Å². The maximum Gasteiger partial charge on any atom is 0.321 e. The smallest absolute Gasteiger partial charge is 0.321 e. The number of hydrogen-bond donors (Lipinski definition) is 0. The van der Waals surface area contributed by atoms with E-state index in [-0.39, 0.29) is 5.92 Å². The Morgan fingerprint density at radius 1 is 0.926 bits per heavy atom. The molecule has 0 aliphatic heterocycles. The second kappa shape index (κ2) is 9.72. The average molecular weight is 375 g/mol.